The van der Waals surface area contributed by atoms with Gasteiger partial charge in [0, 0.05) is 5.75 Å². The molecule has 23 heavy (non-hydrogen) atoms. The van der Waals surface area contributed by atoms with Gasteiger partial charge in [-0.25, -0.2) is 0 Å². The summed E-state index contributed by atoms with van der Waals surface area (Å²) in [7, 11) is 1.67. The van der Waals surface area contributed by atoms with Gasteiger partial charge in [-0.1, -0.05) is 47.0 Å². The summed E-state index contributed by atoms with van der Waals surface area (Å²) in [6.45, 7) is 0.914. The van der Waals surface area contributed by atoms with Crippen molar-refractivity contribution in [2.75, 3.05) is 19.4 Å². The Hall–Kier alpha value is -1.58. The number of hydrogen-bond acceptors (Lipinski definition) is 8. The molecule has 0 radical (unpaired) electrons. The maximum Gasteiger partial charge on any atom is 0.235 e. The molecule has 1 aliphatic rings. The molecule has 0 saturated carbocycles. The molecule has 1 aliphatic heterocycles. The van der Waals surface area contributed by atoms with Crippen molar-refractivity contribution in [3.05, 3.63) is 30.1 Å². The Labute approximate surface area is 145 Å². The second-order valence-electron chi connectivity index (χ2n) is 4.70. The van der Waals surface area contributed by atoms with E-state index in [2.05, 4.69) is 20.3 Å². The van der Waals surface area contributed by atoms with E-state index in [1.807, 2.05) is 28.8 Å². The molecular formula is C14H13N5OS3. The zero-order valence-electron chi connectivity index (χ0n) is 12.3. The fraction of sp³-hybridized carbons (Fsp3) is 0.286. The summed E-state index contributed by atoms with van der Waals surface area (Å²) in [6.07, 6.45) is 0. The monoisotopic (exact) mass is 363 g/mol. The van der Waals surface area contributed by atoms with Crippen LogP contribution in [-0.2, 0) is 5.75 Å². The average molecular weight is 363 g/mol. The lowest BCUT2D eigenvalue weighted by Gasteiger charge is -2.04. The molecule has 3 heterocycles. The van der Waals surface area contributed by atoms with Crippen molar-refractivity contribution >= 4 is 44.2 Å². The van der Waals surface area contributed by atoms with Crippen LogP contribution in [0, 0.1) is 0 Å². The number of methoxy groups -OCH3 is 1. The zero-order valence-corrected chi connectivity index (χ0v) is 14.7. The van der Waals surface area contributed by atoms with Crippen molar-refractivity contribution in [2.45, 2.75) is 5.75 Å². The van der Waals surface area contributed by atoms with E-state index < -0.39 is 0 Å². The summed E-state index contributed by atoms with van der Waals surface area (Å²) in [6, 6.07) is 7.87. The van der Waals surface area contributed by atoms with Crippen molar-refractivity contribution in [1.29, 1.82) is 0 Å². The molecule has 0 N–H and O–H groups in total. The van der Waals surface area contributed by atoms with E-state index in [1.54, 1.807) is 30.6 Å². The smallest absolute Gasteiger partial charge is 0.235 e. The molecule has 1 aromatic carbocycles. The molecule has 118 valence electrons. The van der Waals surface area contributed by atoms with Crippen LogP contribution >= 0.6 is 34.9 Å². The standard InChI is InChI=1S/C14H13N5OS3/c1-20-10-5-3-2-4-9(10)12-18-19-11(16-17-13(19)23-12)8-22-14-15-6-7-21-14/h2-5H,6-8H2,1H3. The fourth-order valence-corrected chi connectivity index (χ4v) is 5.01. The van der Waals surface area contributed by atoms with Gasteiger partial charge >= 0.3 is 0 Å². The van der Waals surface area contributed by atoms with Crippen LogP contribution in [0.25, 0.3) is 15.5 Å². The molecule has 3 aromatic rings. The van der Waals surface area contributed by atoms with Crippen LogP contribution in [0.4, 0.5) is 0 Å². The van der Waals surface area contributed by atoms with Crippen LogP contribution in [-0.4, -0.2) is 43.6 Å². The maximum absolute atomic E-state index is 5.42. The second-order valence-corrected chi connectivity index (χ2v) is 7.96. The summed E-state index contributed by atoms with van der Waals surface area (Å²) in [5.74, 6) is 3.46. The molecule has 0 amide bonds. The maximum atomic E-state index is 5.42. The first-order chi connectivity index (χ1) is 11.3. The molecule has 0 fully saturated rings. The Morgan fingerprint density at radius 1 is 1.30 bits per heavy atom. The van der Waals surface area contributed by atoms with Gasteiger partial charge in [0.2, 0.25) is 4.96 Å². The Bertz CT molecular complexity index is 872. The lowest BCUT2D eigenvalue weighted by Crippen LogP contribution is -1.96. The molecule has 0 saturated heterocycles. The van der Waals surface area contributed by atoms with Crippen molar-refractivity contribution in [3.63, 3.8) is 0 Å². The second kappa shape index (κ2) is 6.50. The van der Waals surface area contributed by atoms with Crippen molar-refractivity contribution in [2.24, 2.45) is 4.99 Å². The van der Waals surface area contributed by atoms with E-state index in [9.17, 15) is 0 Å². The molecule has 0 aliphatic carbocycles. The Morgan fingerprint density at radius 3 is 3.04 bits per heavy atom. The summed E-state index contributed by atoms with van der Waals surface area (Å²) >= 11 is 5.01. The van der Waals surface area contributed by atoms with E-state index >= 15 is 0 Å². The Kier molecular flexibility index (Phi) is 4.23. The number of aromatic nitrogens is 4. The number of fused-ring (bicyclic) bond motifs is 1. The SMILES string of the molecule is COc1ccccc1-c1nn2c(CSC3=NCCS3)nnc2s1. The first-order valence-corrected chi connectivity index (χ1v) is 9.78. The number of thioether (sulfide) groups is 2. The topological polar surface area (TPSA) is 64.7 Å². The third-order valence-electron chi connectivity index (χ3n) is 3.28. The number of rotatable bonds is 4. The molecular weight excluding hydrogens is 350 g/mol. The third kappa shape index (κ3) is 2.96. The Morgan fingerprint density at radius 2 is 2.22 bits per heavy atom. The first kappa shape index (κ1) is 15.0. The highest BCUT2D eigenvalue weighted by Gasteiger charge is 2.16. The minimum atomic E-state index is 0.724. The molecule has 2 aromatic heterocycles. The summed E-state index contributed by atoms with van der Waals surface area (Å²) in [5, 5.41) is 14.0. The summed E-state index contributed by atoms with van der Waals surface area (Å²) in [4.78, 5) is 5.24. The van der Waals surface area contributed by atoms with Crippen LogP contribution in [0.2, 0.25) is 0 Å². The zero-order chi connectivity index (χ0) is 15.6. The van der Waals surface area contributed by atoms with Gasteiger partial charge in [0.25, 0.3) is 0 Å². The van der Waals surface area contributed by atoms with E-state index in [0.29, 0.717) is 0 Å². The molecule has 0 bridgehead atoms. The first-order valence-electron chi connectivity index (χ1n) is 6.99. The van der Waals surface area contributed by atoms with E-state index in [1.165, 1.54) is 11.3 Å². The minimum absolute atomic E-state index is 0.724. The lowest BCUT2D eigenvalue weighted by atomic mass is 10.2. The number of aliphatic imine (C=N–C) groups is 1. The molecule has 4 rings (SSSR count). The van der Waals surface area contributed by atoms with E-state index in [0.717, 1.165) is 49.5 Å². The van der Waals surface area contributed by atoms with Gasteiger partial charge in [0.05, 0.1) is 25.0 Å². The predicted octanol–water partition coefficient (Wildman–Crippen LogP) is 3.20. The van der Waals surface area contributed by atoms with Gasteiger partial charge in [-0.3, -0.25) is 4.99 Å². The van der Waals surface area contributed by atoms with Crippen molar-refractivity contribution < 1.29 is 4.74 Å². The van der Waals surface area contributed by atoms with Gasteiger partial charge in [0.1, 0.15) is 10.1 Å². The third-order valence-corrected chi connectivity index (χ3v) is 6.46. The van der Waals surface area contributed by atoms with Crippen LogP contribution < -0.4 is 4.74 Å². The summed E-state index contributed by atoms with van der Waals surface area (Å²) in [5.41, 5.74) is 0.972. The number of benzene rings is 1. The highest BCUT2D eigenvalue weighted by Crippen LogP contribution is 2.33. The van der Waals surface area contributed by atoms with E-state index in [-0.39, 0.29) is 0 Å². The van der Waals surface area contributed by atoms with Crippen LogP contribution in [0.1, 0.15) is 5.82 Å². The minimum Gasteiger partial charge on any atom is -0.496 e. The average Bonchev–Trinajstić information content (AvgIpc) is 3.30. The van der Waals surface area contributed by atoms with Gasteiger partial charge in [-0.15, -0.1) is 10.2 Å². The van der Waals surface area contributed by atoms with Crippen LogP contribution in [0.3, 0.4) is 0 Å². The number of ether oxygens (including phenoxy) is 1. The summed E-state index contributed by atoms with van der Waals surface area (Å²) < 4.78 is 8.36. The van der Waals surface area contributed by atoms with Gasteiger partial charge < -0.3 is 4.74 Å². The number of para-hydroxylation sites is 1. The highest BCUT2D eigenvalue weighted by molar-refractivity contribution is 8.38. The number of nitrogens with zero attached hydrogens (tertiary/aromatic N) is 5. The highest BCUT2D eigenvalue weighted by atomic mass is 32.2. The molecule has 0 unspecified atom stereocenters. The number of hydrogen-bond donors (Lipinski definition) is 0. The van der Waals surface area contributed by atoms with Crippen LogP contribution in [0.15, 0.2) is 29.3 Å². The molecule has 0 spiro atoms. The van der Waals surface area contributed by atoms with Crippen molar-refractivity contribution in [3.8, 4) is 16.3 Å². The van der Waals surface area contributed by atoms with Crippen LogP contribution in [0.5, 0.6) is 5.75 Å². The predicted molar refractivity (Wildman–Crippen MR) is 96.7 cm³/mol. The van der Waals surface area contributed by atoms with Gasteiger partial charge in [-0.05, 0) is 12.1 Å². The fourth-order valence-electron chi connectivity index (χ4n) is 2.21. The molecule has 6 nitrogen and oxygen atoms in total. The quantitative estimate of drug-likeness (QED) is 0.709. The largest absolute Gasteiger partial charge is 0.496 e. The Balaban J connectivity index is 1.63. The molecule has 9 heteroatoms. The normalized spacial score (nSPS) is 14.4. The van der Waals surface area contributed by atoms with Gasteiger partial charge in [0.15, 0.2) is 10.8 Å². The van der Waals surface area contributed by atoms with E-state index in [4.69, 9.17) is 4.74 Å². The van der Waals surface area contributed by atoms with Gasteiger partial charge in [-0.2, -0.15) is 9.61 Å². The van der Waals surface area contributed by atoms with Crippen molar-refractivity contribution in [1.82, 2.24) is 19.8 Å². The molecule has 0 atom stereocenters. The lowest BCUT2D eigenvalue weighted by molar-refractivity contribution is 0.416.